The van der Waals surface area contributed by atoms with Crippen LogP contribution in [0.25, 0.3) is 0 Å². The van der Waals surface area contributed by atoms with Crippen LogP contribution in [0.2, 0.25) is 0 Å². The van der Waals surface area contributed by atoms with Crippen LogP contribution in [0.5, 0.6) is 0 Å². The zero-order valence-corrected chi connectivity index (χ0v) is 9.48. The summed E-state index contributed by atoms with van der Waals surface area (Å²) < 4.78 is 1.05. The third-order valence-electron chi connectivity index (χ3n) is 2.62. The van der Waals surface area contributed by atoms with E-state index in [2.05, 4.69) is 41.9 Å². The molecule has 1 nitrogen and oxygen atoms in total. The molecule has 0 heterocycles. The Balaban J connectivity index is 2.57. The van der Waals surface area contributed by atoms with E-state index in [1.54, 1.807) is 0 Å². The fraction of sp³-hybridized carbons (Fsp3) is 0.455. The largest absolute Gasteiger partial charge is 0.385 e. The van der Waals surface area contributed by atoms with Gasteiger partial charge in [0.15, 0.2) is 0 Å². The highest BCUT2D eigenvalue weighted by Crippen LogP contribution is 2.49. The number of rotatable bonds is 1. The van der Waals surface area contributed by atoms with Gasteiger partial charge < -0.3 is 5.11 Å². The van der Waals surface area contributed by atoms with Crippen molar-refractivity contribution in [3.05, 3.63) is 33.3 Å². The molecule has 1 aliphatic carbocycles. The van der Waals surface area contributed by atoms with Crippen LogP contribution in [0.15, 0.2) is 16.6 Å². The molecule has 13 heavy (non-hydrogen) atoms. The Morgan fingerprint density at radius 3 is 2.38 bits per heavy atom. The topological polar surface area (TPSA) is 20.2 Å². The van der Waals surface area contributed by atoms with Crippen LogP contribution in [0.3, 0.4) is 0 Å². The van der Waals surface area contributed by atoms with Crippen molar-refractivity contribution >= 4 is 15.9 Å². The number of aryl methyl sites for hydroxylation is 2. The molecular formula is C11H13BrO. The summed E-state index contributed by atoms with van der Waals surface area (Å²) in [5.41, 5.74) is 2.97. The maximum absolute atomic E-state index is 10.0. The van der Waals surface area contributed by atoms with Crippen LogP contribution in [-0.4, -0.2) is 5.11 Å². The first-order chi connectivity index (χ1) is 6.03. The molecule has 0 aliphatic heterocycles. The van der Waals surface area contributed by atoms with Crippen molar-refractivity contribution in [3.8, 4) is 0 Å². The summed E-state index contributed by atoms with van der Waals surface area (Å²) in [5.74, 6) is 0. The second-order valence-corrected chi connectivity index (χ2v) is 4.82. The highest BCUT2D eigenvalue weighted by atomic mass is 79.9. The molecule has 2 rings (SSSR count). The van der Waals surface area contributed by atoms with Crippen LogP contribution < -0.4 is 0 Å². The van der Waals surface area contributed by atoms with Crippen LogP contribution >= 0.6 is 15.9 Å². The first kappa shape index (κ1) is 9.22. The van der Waals surface area contributed by atoms with E-state index in [1.807, 2.05) is 0 Å². The lowest BCUT2D eigenvalue weighted by Gasteiger charge is -2.14. The second-order valence-electron chi connectivity index (χ2n) is 3.97. The zero-order chi connectivity index (χ0) is 9.64. The second kappa shape index (κ2) is 2.82. The van der Waals surface area contributed by atoms with Gasteiger partial charge >= 0.3 is 0 Å². The van der Waals surface area contributed by atoms with Crippen LogP contribution in [0.4, 0.5) is 0 Å². The molecule has 0 bridgehead atoms. The molecular weight excluding hydrogens is 228 g/mol. The van der Waals surface area contributed by atoms with Crippen molar-refractivity contribution < 1.29 is 5.11 Å². The predicted octanol–water partition coefficient (Wildman–Crippen LogP) is 3.05. The average Bonchev–Trinajstić information content (AvgIpc) is 2.65. The van der Waals surface area contributed by atoms with Crippen LogP contribution in [0.1, 0.15) is 29.5 Å². The minimum Gasteiger partial charge on any atom is -0.385 e. The molecule has 1 aromatic carbocycles. The summed E-state index contributed by atoms with van der Waals surface area (Å²) in [5, 5.41) is 10.0. The van der Waals surface area contributed by atoms with Crippen molar-refractivity contribution in [3.63, 3.8) is 0 Å². The first-order valence-corrected chi connectivity index (χ1v) is 5.32. The van der Waals surface area contributed by atoms with Gasteiger partial charge in [-0.05, 0) is 43.9 Å². The maximum atomic E-state index is 10.0. The molecule has 1 aromatic rings. The highest BCUT2D eigenvalue weighted by Gasteiger charge is 2.44. The average molecular weight is 241 g/mol. The first-order valence-electron chi connectivity index (χ1n) is 4.52. The molecule has 1 saturated carbocycles. The van der Waals surface area contributed by atoms with E-state index < -0.39 is 5.60 Å². The van der Waals surface area contributed by atoms with Gasteiger partial charge in [-0.2, -0.15) is 0 Å². The monoisotopic (exact) mass is 240 g/mol. The van der Waals surface area contributed by atoms with Gasteiger partial charge in [0, 0.05) is 10.0 Å². The van der Waals surface area contributed by atoms with E-state index in [1.165, 1.54) is 11.1 Å². The number of hydrogen-bond donors (Lipinski definition) is 1. The third kappa shape index (κ3) is 1.53. The number of hydrogen-bond acceptors (Lipinski definition) is 1. The lowest BCUT2D eigenvalue weighted by atomic mass is 10.00. The van der Waals surface area contributed by atoms with Crippen LogP contribution in [0, 0.1) is 13.8 Å². The number of halogens is 1. The molecule has 0 amide bonds. The van der Waals surface area contributed by atoms with E-state index in [9.17, 15) is 5.11 Å². The minimum atomic E-state index is -0.531. The lowest BCUT2D eigenvalue weighted by Crippen LogP contribution is -2.08. The molecule has 0 spiro atoms. The zero-order valence-electron chi connectivity index (χ0n) is 7.89. The Kier molecular flexibility index (Phi) is 2.00. The molecule has 0 radical (unpaired) electrons. The Hall–Kier alpha value is -0.340. The minimum absolute atomic E-state index is 0.531. The van der Waals surface area contributed by atoms with E-state index in [0.717, 1.165) is 22.9 Å². The molecule has 70 valence electrons. The molecule has 0 unspecified atom stereocenters. The van der Waals surface area contributed by atoms with Gasteiger partial charge in [-0.15, -0.1) is 0 Å². The smallest absolute Gasteiger partial charge is 0.0912 e. The molecule has 0 aromatic heterocycles. The predicted molar refractivity (Wildman–Crippen MR) is 56.7 cm³/mol. The summed E-state index contributed by atoms with van der Waals surface area (Å²) in [7, 11) is 0. The Morgan fingerprint density at radius 1 is 1.31 bits per heavy atom. The fourth-order valence-corrected chi connectivity index (χ4v) is 2.92. The molecule has 1 fully saturated rings. The van der Waals surface area contributed by atoms with Crippen molar-refractivity contribution in [1.29, 1.82) is 0 Å². The van der Waals surface area contributed by atoms with E-state index >= 15 is 0 Å². The summed E-state index contributed by atoms with van der Waals surface area (Å²) in [6.45, 7) is 4.13. The Morgan fingerprint density at radius 2 is 1.92 bits per heavy atom. The summed E-state index contributed by atoms with van der Waals surface area (Å²) in [6.07, 6.45) is 1.80. The number of aliphatic hydroxyl groups is 1. The summed E-state index contributed by atoms with van der Waals surface area (Å²) in [4.78, 5) is 0. The van der Waals surface area contributed by atoms with Gasteiger partial charge in [-0.3, -0.25) is 0 Å². The quantitative estimate of drug-likeness (QED) is 0.801. The summed E-state index contributed by atoms with van der Waals surface area (Å²) in [6, 6.07) is 4.19. The molecule has 1 aliphatic rings. The third-order valence-corrected chi connectivity index (χ3v) is 3.25. The van der Waals surface area contributed by atoms with Crippen LogP contribution in [-0.2, 0) is 5.60 Å². The van der Waals surface area contributed by atoms with Crippen molar-refractivity contribution in [2.45, 2.75) is 32.3 Å². The van der Waals surface area contributed by atoms with Crippen molar-refractivity contribution in [2.75, 3.05) is 0 Å². The molecule has 0 saturated heterocycles. The van der Waals surface area contributed by atoms with Gasteiger partial charge in [-0.1, -0.05) is 22.0 Å². The Labute approximate surface area is 86.9 Å². The lowest BCUT2D eigenvalue weighted by molar-refractivity contribution is 0.150. The van der Waals surface area contributed by atoms with Gasteiger partial charge in [-0.25, -0.2) is 0 Å². The van der Waals surface area contributed by atoms with Crippen molar-refractivity contribution in [1.82, 2.24) is 0 Å². The molecule has 0 atom stereocenters. The summed E-state index contributed by atoms with van der Waals surface area (Å²) >= 11 is 3.51. The number of benzene rings is 1. The standard InChI is InChI=1S/C11H13BrO/c1-7-5-8(2)10(9(12)6-7)11(13)3-4-11/h5-6,13H,3-4H2,1-2H3. The van der Waals surface area contributed by atoms with Gasteiger partial charge in [0.2, 0.25) is 0 Å². The van der Waals surface area contributed by atoms with Gasteiger partial charge in [0.25, 0.3) is 0 Å². The fourth-order valence-electron chi connectivity index (χ4n) is 1.87. The van der Waals surface area contributed by atoms with Crippen molar-refractivity contribution in [2.24, 2.45) is 0 Å². The van der Waals surface area contributed by atoms with Gasteiger partial charge in [0.1, 0.15) is 0 Å². The normalized spacial score (nSPS) is 18.8. The van der Waals surface area contributed by atoms with Gasteiger partial charge in [0.05, 0.1) is 5.60 Å². The highest BCUT2D eigenvalue weighted by molar-refractivity contribution is 9.10. The maximum Gasteiger partial charge on any atom is 0.0912 e. The Bertz CT molecular complexity index is 330. The van der Waals surface area contributed by atoms with E-state index in [-0.39, 0.29) is 0 Å². The molecule has 1 N–H and O–H groups in total. The SMILES string of the molecule is Cc1cc(C)c(C2(O)CC2)c(Br)c1. The van der Waals surface area contributed by atoms with E-state index in [4.69, 9.17) is 0 Å². The van der Waals surface area contributed by atoms with E-state index in [0.29, 0.717) is 0 Å². The molecule has 2 heteroatoms.